The first-order valence-corrected chi connectivity index (χ1v) is 11.7. The highest BCUT2D eigenvalue weighted by Crippen LogP contribution is 2.32. The number of amides is 3. The molecule has 0 atom stereocenters. The summed E-state index contributed by atoms with van der Waals surface area (Å²) in [7, 11) is 1.51. The van der Waals surface area contributed by atoms with Crippen molar-refractivity contribution in [2.45, 2.75) is 58.4 Å². The Labute approximate surface area is 200 Å². The third kappa shape index (κ3) is 6.59. The van der Waals surface area contributed by atoms with Gasteiger partial charge in [0.1, 0.15) is 5.75 Å². The van der Waals surface area contributed by atoms with Crippen LogP contribution in [0.25, 0.3) is 11.3 Å². The van der Waals surface area contributed by atoms with Crippen LogP contribution < -0.4 is 15.4 Å². The largest absolute Gasteiger partial charge is 0.496 e. The van der Waals surface area contributed by atoms with Gasteiger partial charge in [-0.25, -0.2) is 4.98 Å². The molecule has 1 aliphatic rings. The Balaban J connectivity index is 1.53. The van der Waals surface area contributed by atoms with E-state index in [0.717, 1.165) is 38.8 Å². The summed E-state index contributed by atoms with van der Waals surface area (Å²) in [6.45, 7) is 7.35. The Kier molecular flexibility index (Phi) is 8.31. The number of methoxy groups -OCH3 is 1. The molecule has 0 spiro atoms. The number of ether oxygens (including phenoxy) is 1. The Morgan fingerprint density at radius 2 is 1.94 bits per heavy atom. The highest BCUT2D eigenvalue weighted by molar-refractivity contribution is 6.39. The van der Waals surface area contributed by atoms with Gasteiger partial charge in [0.25, 0.3) is 0 Å². The molecule has 0 unspecified atom stereocenters. The maximum atomic E-state index is 12.6. The van der Waals surface area contributed by atoms with E-state index in [2.05, 4.69) is 15.6 Å². The quantitative estimate of drug-likeness (QED) is 0.570. The first-order chi connectivity index (χ1) is 16.2. The van der Waals surface area contributed by atoms with Crippen LogP contribution in [0.15, 0.2) is 35.2 Å². The van der Waals surface area contributed by atoms with Gasteiger partial charge in [0.15, 0.2) is 12.2 Å². The second-order valence-corrected chi connectivity index (χ2v) is 9.35. The lowest BCUT2D eigenvalue weighted by Crippen LogP contribution is -2.50. The van der Waals surface area contributed by atoms with Crippen LogP contribution in [-0.2, 0) is 14.4 Å². The maximum Gasteiger partial charge on any atom is 0.313 e. The zero-order chi connectivity index (χ0) is 24.7. The molecule has 184 valence electrons. The van der Waals surface area contributed by atoms with E-state index in [0.29, 0.717) is 35.1 Å². The number of anilines is 1. The van der Waals surface area contributed by atoms with E-state index in [-0.39, 0.29) is 5.91 Å². The highest BCUT2D eigenvalue weighted by atomic mass is 16.5. The van der Waals surface area contributed by atoms with Crippen molar-refractivity contribution in [3.63, 3.8) is 0 Å². The van der Waals surface area contributed by atoms with Crippen LogP contribution in [-0.4, -0.2) is 53.3 Å². The average Bonchev–Trinajstić information content (AvgIpc) is 3.33. The molecule has 2 N–H and O–H groups in total. The summed E-state index contributed by atoms with van der Waals surface area (Å²) in [6.07, 6.45) is 6.89. The highest BCUT2D eigenvalue weighted by Gasteiger charge is 2.30. The minimum absolute atomic E-state index is 0.218. The Hall–Kier alpha value is -3.36. The van der Waals surface area contributed by atoms with Crippen molar-refractivity contribution in [2.24, 2.45) is 5.92 Å². The predicted molar refractivity (Wildman–Crippen MR) is 128 cm³/mol. The molecular formula is C25H34N4O5. The SMILES string of the molecule is CCCC(=O)N1CCC(CC(C)(C)NC(=O)C(=O)Nc2ccc(-c3cnco3)c(OC)c2)CC1. The van der Waals surface area contributed by atoms with Crippen LogP contribution >= 0.6 is 0 Å². The van der Waals surface area contributed by atoms with E-state index < -0.39 is 17.4 Å². The molecule has 3 amide bonds. The van der Waals surface area contributed by atoms with Gasteiger partial charge in [0.05, 0.1) is 18.9 Å². The summed E-state index contributed by atoms with van der Waals surface area (Å²) >= 11 is 0. The monoisotopic (exact) mass is 470 g/mol. The maximum absolute atomic E-state index is 12.6. The van der Waals surface area contributed by atoms with Crippen LogP contribution in [0.4, 0.5) is 5.69 Å². The summed E-state index contributed by atoms with van der Waals surface area (Å²) in [5, 5.41) is 5.48. The van der Waals surface area contributed by atoms with Crippen molar-refractivity contribution in [2.75, 3.05) is 25.5 Å². The van der Waals surface area contributed by atoms with Gasteiger partial charge in [-0.2, -0.15) is 0 Å². The van der Waals surface area contributed by atoms with Crippen molar-refractivity contribution in [1.82, 2.24) is 15.2 Å². The van der Waals surface area contributed by atoms with Crippen LogP contribution in [0.1, 0.15) is 52.9 Å². The topological polar surface area (TPSA) is 114 Å². The molecule has 3 rings (SSSR count). The van der Waals surface area contributed by atoms with Gasteiger partial charge in [0.2, 0.25) is 5.91 Å². The minimum Gasteiger partial charge on any atom is -0.496 e. The predicted octanol–water partition coefficient (Wildman–Crippen LogP) is 3.61. The number of oxazole rings is 1. The number of rotatable bonds is 8. The summed E-state index contributed by atoms with van der Waals surface area (Å²) < 4.78 is 10.7. The third-order valence-corrected chi connectivity index (χ3v) is 6.05. The number of aromatic nitrogens is 1. The second kappa shape index (κ2) is 11.2. The van der Waals surface area contributed by atoms with E-state index in [1.54, 1.807) is 24.4 Å². The van der Waals surface area contributed by atoms with Crippen molar-refractivity contribution >= 4 is 23.4 Å². The lowest BCUT2D eigenvalue weighted by atomic mass is 9.84. The van der Waals surface area contributed by atoms with Gasteiger partial charge in [-0.15, -0.1) is 0 Å². The minimum atomic E-state index is -0.748. The molecule has 1 aromatic heterocycles. The summed E-state index contributed by atoms with van der Waals surface area (Å²) in [5.74, 6) is 0.183. The van der Waals surface area contributed by atoms with Crippen molar-refractivity contribution in [1.29, 1.82) is 0 Å². The van der Waals surface area contributed by atoms with Gasteiger partial charge in [0, 0.05) is 36.8 Å². The summed E-state index contributed by atoms with van der Waals surface area (Å²) in [5.41, 5.74) is 0.566. The average molecular weight is 471 g/mol. The molecule has 1 aliphatic heterocycles. The van der Waals surface area contributed by atoms with Crippen LogP contribution in [0.2, 0.25) is 0 Å². The van der Waals surface area contributed by atoms with Crippen LogP contribution in [0.5, 0.6) is 5.75 Å². The van der Waals surface area contributed by atoms with Gasteiger partial charge in [-0.1, -0.05) is 6.92 Å². The van der Waals surface area contributed by atoms with Crippen LogP contribution in [0, 0.1) is 5.92 Å². The number of hydrogen-bond acceptors (Lipinski definition) is 6. The first-order valence-electron chi connectivity index (χ1n) is 11.7. The standard InChI is InChI=1S/C25H34N4O5/c1-5-6-22(30)29-11-9-17(10-12-29)14-25(2,3)28-24(32)23(31)27-18-7-8-19(20(13-18)33-4)21-15-26-16-34-21/h7-8,13,15-17H,5-6,9-12,14H2,1-4H3,(H,27,31)(H,28,32). The number of hydrogen-bond donors (Lipinski definition) is 2. The van der Waals surface area contributed by atoms with Gasteiger partial charge < -0.3 is 24.7 Å². The van der Waals surface area contributed by atoms with Crippen LogP contribution in [0.3, 0.4) is 0 Å². The fraction of sp³-hybridized carbons (Fsp3) is 0.520. The van der Waals surface area contributed by atoms with Crippen molar-refractivity contribution in [3.8, 4) is 17.1 Å². The summed E-state index contributed by atoms with van der Waals surface area (Å²) in [6, 6.07) is 5.03. The second-order valence-electron chi connectivity index (χ2n) is 9.35. The Morgan fingerprint density at radius 3 is 2.56 bits per heavy atom. The lowest BCUT2D eigenvalue weighted by Gasteiger charge is -2.36. The molecule has 2 aromatic rings. The zero-order valence-electron chi connectivity index (χ0n) is 20.3. The molecule has 34 heavy (non-hydrogen) atoms. The number of carbonyl (C=O) groups is 3. The number of nitrogens with zero attached hydrogens (tertiary/aromatic N) is 2. The number of nitrogens with one attached hydrogen (secondary N) is 2. The fourth-order valence-electron chi connectivity index (χ4n) is 4.40. The van der Waals surface area contributed by atoms with Crippen molar-refractivity contribution in [3.05, 3.63) is 30.8 Å². The number of likely N-dealkylation sites (tertiary alicyclic amines) is 1. The first kappa shape index (κ1) is 25.3. The van der Waals surface area contributed by atoms with Gasteiger partial charge >= 0.3 is 11.8 Å². The normalized spacial score (nSPS) is 14.5. The fourth-order valence-corrected chi connectivity index (χ4v) is 4.40. The molecule has 1 fully saturated rings. The van der Waals surface area contributed by atoms with E-state index >= 15 is 0 Å². The van der Waals surface area contributed by atoms with E-state index in [1.165, 1.54) is 13.5 Å². The lowest BCUT2D eigenvalue weighted by molar-refractivity contribution is -0.137. The zero-order valence-corrected chi connectivity index (χ0v) is 20.3. The van der Waals surface area contributed by atoms with Gasteiger partial charge in [-0.05, 0) is 57.6 Å². The molecule has 0 saturated carbocycles. The van der Waals surface area contributed by atoms with E-state index in [4.69, 9.17) is 9.15 Å². The molecular weight excluding hydrogens is 436 g/mol. The molecule has 9 heteroatoms. The molecule has 1 saturated heterocycles. The smallest absolute Gasteiger partial charge is 0.313 e. The molecule has 1 aromatic carbocycles. The van der Waals surface area contributed by atoms with E-state index in [1.807, 2.05) is 25.7 Å². The number of carbonyl (C=O) groups excluding carboxylic acids is 3. The molecule has 0 bridgehead atoms. The summed E-state index contributed by atoms with van der Waals surface area (Å²) in [4.78, 5) is 43.1. The molecule has 0 aliphatic carbocycles. The Bertz CT molecular complexity index is 995. The number of piperidine rings is 1. The van der Waals surface area contributed by atoms with E-state index in [9.17, 15) is 14.4 Å². The van der Waals surface area contributed by atoms with Gasteiger partial charge in [-0.3, -0.25) is 14.4 Å². The molecule has 2 heterocycles. The molecule has 9 nitrogen and oxygen atoms in total. The Morgan fingerprint density at radius 1 is 1.21 bits per heavy atom. The third-order valence-electron chi connectivity index (χ3n) is 6.05. The number of benzene rings is 1. The van der Waals surface area contributed by atoms with Crippen molar-refractivity contribution < 1.29 is 23.5 Å². The molecule has 0 radical (unpaired) electrons.